The molecule has 0 fully saturated rings. The van der Waals surface area contributed by atoms with Crippen molar-refractivity contribution in [3.8, 4) is 17.2 Å². The number of aryl methyl sites for hydroxylation is 1. The van der Waals surface area contributed by atoms with Crippen LogP contribution in [0.1, 0.15) is 64.8 Å². The van der Waals surface area contributed by atoms with Crippen molar-refractivity contribution in [2.75, 3.05) is 13.2 Å². The summed E-state index contributed by atoms with van der Waals surface area (Å²) < 4.78 is 12.2. The molecule has 0 radical (unpaired) electrons. The van der Waals surface area contributed by atoms with Crippen LogP contribution in [0.4, 0.5) is 0 Å². The number of fused-ring (bicyclic) bond motifs is 1. The van der Waals surface area contributed by atoms with Gasteiger partial charge in [0.05, 0.1) is 5.56 Å². The predicted molar refractivity (Wildman–Crippen MR) is 138 cm³/mol. The number of phenolic OH excluding ortho intramolecular Hbond substituents is 1. The zero-order valence-corrected chi connectivity index (χ0v) is 21.3. The molecule has 0 saturated heterocycles. The van der Waals surface area contributed by atoms with Crippen LogP contribution in [0.2, 0.25) is 0 Å². The minimum Gasteiger partial charge on any atom is -0.507 e. The first-order chi connectivity index (χ1) is 17.2. The van der Waals surface area contributed by atoms with Gasteiger partial charge < -0.3 is 24.8 Å². The molecule has 192 valence electrons. The number of hydrogen-bond donors (Lipinski definition) is 3. The molecule has 3 rings (SSSR count). The van der Waals surface area contributed by atoms with Gasteiger partial charge in [-0.3, -0.25) is 9.59 Å². The molecule has 3 N–H and O–H groups in total. The first-order valence-corrected chi connectivity index (χ1v) is 12.6. The van der Waals surface area contributed by atoms with Crippen molar-refractivity contribution in [2.45, 2.75) is 52.6 Å². The number of aliphatic hydroxyl groups is 1. The summed E-state index contributed by atoms with van der Waals surface area (Å²) in [6.45, 7) is 5.09. The lowest BCUT2D eigenvalue weighted by atomic mass is 10.0. The number of carbonyl (C=O) groups is 2. The molecule has 36 heavy (non-hydrogen) atoms. The van der Waals surface area contributed by atoms with Gasteiger partial charge in [-0.25, -0.2) is 4.79 Å². The quantitative estimate of drug-likeness (QED) is 0.299. The van der Waals surface area contributed by atoms with Crippen LogP contribution in [-0.2, 0) is 12.8 Å². The van der Waals surface area contributed by atoms with E-state index < -0.39 is 12.1 Å². The maximum absolute atomic E-state index is 12.4. The normalized spacial score (nSPS) is 11.9. The van der Waals surface area contributed by atoms with Crippen molar-refractivity contribution in [3.63, 3.8) is 0 Å². The largest absolute Gasteiger partial charge is 0.507 e. The number of phenols is 1. The van der Waals surface area contributed by atoms with Crippen LogP contribution < -0.4 is 14.9 Å². The van der Waals surface area contributed by atoms with Gasteiger partial charge in [-0.2, -0.15) is 0 Å². The highest BCUT2D eigenvalue weighted by Crippen LogP contribution is 2.34. The van der Waals surface area contributed by atoms with Crippen molar-refractivity contribution in [2.24, 2.45) is 0 Å². The SMILES string of the molecule is CCCc1c(OCC(O)COc2ccc3c(=O)cc(C(=O)O)sc3c2CCC)ccc(C(C)=O)c1O. The van der Waals surface area contributed by atoms with E-state index in [-0.39, 0.29) is 40.6 Å². The third-order valence-corrected chi connectivity index (χ3v) is 6.83. The molecule has 1 unspecified atom stereocenters. The van der Waals surface area contributed by atoms with Crippen LogP contribution in [0.25, 0.3) is 10.1 Å². The Kier molecular flexibility index (Phi) is 9.06. The summed E-state index contributed by atoms with van der Waals surface area (Å²) in [5, 5.41) is 30.8. The number of Topliss-reactive ketones (excluding diaryl/α,β-unsaturated/α-hetero) is 1. The van der Waals surface area contributed by atoms with E-state index in [1.165, 1.54) is 13.0 Å². The highest BCUT2D eigenvalue weighted by Gasteiger charge is 2.19. The zero-order chi connectivity index (χ0) is 26.4. The second kappa shape index (κ2) is 12.0. The number of aromatic hydroxyl groups is 1. The Bertz CT molecular complexity index is 1330. The maximum Gasteiger partial charge on any atom is 0.346 e. The number of aliphatic hydroxyl groups excluding tert-OH is 1. The minimum absolute atomic E-state index is 0.0441. The Morgan fingerprint density at radius 2 is 1.56 bits per heavy atom. The van der Waals surface area contributed by atoms with E-state index in [1.807, 2.05) is 13.8 Å². The third-order valence-electron chi connectivity index (χ3n) is 5.65. The van der Waals surface area contributed by atoms with Gasteiger partial charge in [0.15, 0.2) is 11.2 Å². The van der Waals surface area contributed by atoms with Crippen LogP contribution in [0.3, 0.4) is 0 Å². The number of benzene rings is 2. The Morgan fingerprint density at radius 1 is 0.972 bits per heavy atom. The van der Waals surface area contributed by atoms with Gasteiger partial charge in [-0.15, -0.1) is 11.3 Å². The average Bonchev–Trinajstić information content (AvgIpc) is 2.83. The van der Waals surface area contributed by atoms with E-state index in [1.54, 1.807) is 18.2 Å². The molecule has 0 spiro atoms. The summed E-state index contributed by atoms with van der Waals surface area (Å²) >= 11 is 1.03. The van der Waals surface area contributed by atoms with Crippen LogP contribution in [0, 0.1) is 0 Å². The standard InChI is InChI=1S/C27H30O8S/c1-4-6-19-22(10-8-17(15(3)28)25(19)31)34-13-16(29)14-35-23-11-9-18-21(30)12-24(27(32)33)36-26(18)20(23)7-5-2/h8-12,16,29,31H,4-7,13-14H2,1-3H3,(H,32,33). The summed E-state index contributed by atoms with van der Waals surface area (Å²) in [6.07, 6.45) is 1.55. The van der Waals surface area contributed by atoms with Crippen molar-refractivity contribution in [1.82, 2.24) is 0 Å². The fourth-order valence-corrected chi connectivity index (χ4v) is 5.01. The lowest BCUT2D eigenvalue weighted by molar-refractivity contribution is 0.0619. The van der Waals surface area contributed by atoms with E-state index in [4.69, 9.17) is 9.47 Å². The average molecular weight is 515 g/mol. The Labute approximate surface area is 212 Å². The highest BCUT2D eigenvalue weighted by atomic mass is 32.1. The van der Waals surface area contributed by atoms with Gasteiger partial charge >= 0.3 is 5.97 Å². The molecule has 0 saturated carbocycles. The van der Waals surface area contributed by atoms with Gasteiger partial charge in [0.1, 0.15) is 41.4 Å². The van der Waals surface area contributed by atoms with Crippen molar-refractivity contribution in [1.29, 1.82) is 0 Å². The summed E-state index contributed by atoms with van der Waals surface area (Å²) in [6, 6.07) is 7.50. The number of carbonyl (C=O) groups excluding carboxylic acids is 1. The lowest BCUT2D eigenvalue weighted by Crippen LogP contribution is -2.25. The van der Waals surface area contributed by atoms with Crippen molar-refractivity contribution in [3.05, 3.63) is 62.1 Å². The van der Waals surface area contributed by atoms with E-state index in [0.717, 1.165) is 35.8 Å². The monoisotopic (exact) mass is 514 g/mol. The van der Waals surface area contributed by atoms with Gasteiger partial charge in [0.2, 0.25) is 0 Å². The number of hydrogen-bond acceptors (Lipinski definition) is 8. The molecular weight excluding hydrogens is 484 g/mol. The van der Waals surface area contributed by atoms with Crippen LogP contribution >= 0.6 is 11.3 Å². The summed E-state index contributed by atoms with van der Waals surface area (Å²) in [7, 11) is 0. The number of aromatic carboxylic acids is 1. The maximum atomic E-state index is 12.4. The molecule has 9 heteroatoms. The van der Waals surface area contributed by atoms with E-state index in [0.29, 0.717) is 40.0 Å². The molecule has 1 aromatic heterocycles. The molecule has 0 aliphatic carbocycles. The topological polar surface area (TPSA) is 130 Å². The molecule has 1 atom stereocenters. The molecule has 3 aromatic rings. The number of rotatable bonds is 12. The van der Waals surface area contributed by atoms with Crippen molar-refractivity contribution >= 4 is 33.2 Å². The Hall–Kier alpha value is -3.43. The molecule has 2 aromatic carbocycles. The molecule has 0 amide bonds. The third kappa shape index (κ3) is 6.03. The highest BCUT2D eigenvalue weighted by molar-refractivity contribution is 7.20. The molecule has 8 nitrogen and oxygen atoms in total. The molecule has 0 bridgehead atoms. The van der Waals surface area contributed by atoms with Gasteiger partial charge in [0, 0.05) is 27.3 Å². The Balaban J connectivity index is 1.78. The van der Waals surface area contributed by atoms with Crippen LogP contribution in [0.5, 0.6) is 17.2 Å². The number of ketones is 1. The van der Waals surface area contributed by atoms with Gasteiger partial charge in [0.25, 0.3) is 0 Å². The molecule has 1 heterocycles. The molecule has 0 aliphatic heterocycles. The molecule has 0 aliphatic rings. The zero-order valence-electron chi connectivity index (χ0n) is 20.5. The lowest BCUT2D eigenvalue weighted by Gasteiger charge is -2.18. The van der Waals surface area contributed by atoms with E-state index >= 15 is 0 Å². The second-order valence-electron chi connectivity index (χ2n) is 8.47. The van der Waals surface area contributed by atoms with Crippen molar-refractivity contribution < 1.29 is 34.4 Å². The van der Waals surface area contributed by atoms with E-state index in [2.05, 4.69) is 0 Å². The first-order valence-electron chi connectivity index (χ1n) is 11.8. The smallest absolute Gasteiger partial charge is 0.346 e. The fourth-order valence-electron chi connectivity index (χ4n) is 3.93. The van der Waals surface area contributed by atoms with Gasteiger partial charge in [-0.05, 0) is 44.0 Å². The number of carboxylic acid groups (broad SMARTS) is 1. The summed E-state index contributed by atoms with van der Waals surface area (Å²) in [5.41, 5.74) is 1.11. The summed E-state index contributed by atoms with van der Waals surface area (Å²) in [5.74, 6) is -0.653. The van der Waals surface area contributed by atoms with E-state index in [9.17, 15) is 29.7 Å². The molecular formula is C27H30O8S. The first kappa shape index (κ1) is 27.2. The second-order valence-corrected chi connectivity index (χ2v) is 9.52. The fraction of sp³-hybridized carbons (Fsp3) is 0.370. The van der Waals surface area contributed by atoms with Gasteiger partial charge in [-0.1, -0.05) is 26.7 Å². The number of ether oxygens (including phenoxy) is 2. The number of carboxylic acids is 1. The Morgan fingerprint density at radius 3 is 2.14 bits per heavy atom. The minimum atomic E-state index is -1.16. The van der Waals surface area contributed by atoms with Crippen LogP contribution in [-0.4, -0.2) is 46.4 Å². The summed E-state index contributed by atoms with van der Waals surface area (Å²) in [4.78, 5) is 35.6. The van der Waals surface area contributed by atoms with Crippen LogP contribution in [0.15, 0.2) is 35.1 Å². The predicted octanol–water partition coefficient (Wildman–Crippen LogP) is 4.59.